The van der Waals surface area contributed by atoms with Crippen LogP contribution in [0.1, 0.15) is 74.3 Å². The molecule has 11 aromatic carbocycles. The van der Waals surface area contributed by atoms with E-state index in [0.29, 0.717) is 11.8 Å². The maximum atomic E-state index is 7.96. The molecule has 0 atom stereocenters. The minimum absolute atomic E-state index is 0.162. The van der Waals surface area contributed by atoms with Crippen LogP contribution < -0.4 is 42.3 Å². The zero-order valence-electron chi connectivity index (χ0n) is 45.5. The average molecular weight is 1050 g/mol. The van der Waals surface area contributed by atoms with Crippen LogP contribution in [0.4, 0.5) is 0 Å². The summed E-state index contributed by atoms with van der Waals surface area (Å²) in [4.78, 5) is 0. The Balaban J connectivity index is 0.995. The van der Waals surface area contributed by atoms with Gasteiger partial charge in [-0.05, 0) is 164 Å². The number of nitrogens with zero attached hydrogens (tertiary/aromatic N) is 2. The van der Waals surface area contributed by atoms with Gasteiger partial charge in [0, 0.05) is 43.5 Å². The quantitative estimate of drug-likeness (QED) is 0.155. The lowest BCUT2D eigenvalue weighted by atomic mass is 9.31. The molecule has 2 aromatic heterocycles. The molecule has 0 N–H and O–H groups in total. The lowest BCUT2D eigenvalue weighted by Crippen LogP contribution is -2.63. The van der Waals surface area contributed by atoms with E-state index in [4.69, 9.17) is 9.47 Å². The number of hydrogen-bond donors (Lipinski definition) is 0. The number of rotatable bonds is 6. The van der Waals surface area contributed by atoms with Crippen molar-refractivity contribution in [1.82, 2.24) is 9.13 Å². The standard InChI is InChI=1S/C76H54B2N2O2/c1-5-17-45(18-6-1)51-29-33-65-57(37-51)59-39-55(49-21-9-3-10-22-49)43-63-71(59)79(65)73-69-76(82-67-35-31-53(41-61(67)77(63)69)47-25-13-14-26-47)74-70-75(73)81-68-36-32-54(48-27-15-16-28-48)42-62(68)78(70)64-44-56(50-23-11-4-12-24-50)40-60-58-38-52(46-19-7-2-8-20-46)30-34-66(58)80(74)72(60)64/h1-12,17-24,29-44,47-48H,13-16,25-28H2. The molecule has 2 fully saturated rings. The second-order valence-electron chi connectivity index (χ2n) is 24.3. The van der Waals surface area contributed by atoms with Gasteiger partial charge >= 0.3 is 0 Å². The molecule has 4 nitrogen and oxygen atoms in total. The fraction of sp³-hybridized carbons (Fsp3) is 0.132. The van der Waals surface area contributed by atoms with E-state index in [9.17, 15) is 0 Å². The Morgan fingerprint density at radius 3 is 1.07 bits per heavy atom. The van der Waals surface area contributed by atoms with Gasteiger partial charge in [-0.3, -0.25) is 0 Å². The van der Waals surface area contributed by atoms with Crippen molar-refractivity contribution in [2.75, 3.05) is 0 Å². The van der Waals surface area contributed by atoms with Gasteiger partial charge in [0.05, 0.1) is 22.4 Å². The summed E-state index contributed by atoms with van der Waals surface area (Å²) in [5, 5.41) is 4.96. The highest BCUT2D eigenvalue weighted by atomic mass is 16.5. The minimum atomic E-state index is -0.162. The molecule has 13 aromatic rings. The molecule has 386 valence electrons. The Bertz CT molecular complexity index is 4570. The van der Waals surface area contributed by atoms with Crippen LogP contribution in [0.15, 0.2) is 218 Å². The molecule has 2 aliphatic carbocycles. The zero-order valence-corrected chi connectivity index (χ0v) is 45.5. The monoisotopic (exact) mass is 1050 g/mol. The maximum absolute atomic E-state index is 7.96. The minimum Gasteiger partial charge on any atom is -0.456 e. The van der Waals surface area contributed by atoms with Gasteiger partial charge in [0.15, 0.2) is 0 Å². The number of ether oxygens (including phenoxy) is 2. The molecule has 0 saturated heterocycles. The lowest BCUT2D eigenvalue weighted by Gasteiger charge is -2.41. The van der Waals surface area contributed by atoms with E-state index in [1.165, 1.54) is 172 Å². The van der Waals surface area contributed by atoms with Crippen LogP contribution in [-0.2, 0) is 0 Å². The summed E-state index contributed by atoms with van der Waals surface area (Å²) < 4.78 is 21.1. The first-order valence-electron chi connectivity index (χ1n) is 30.0. The third kappa shape index (κ3) is 6.35. The van der Waals surface area contributed by atoms with Crippen molar-refractivity contribution in [1.29, 1.82) is 0 Å². The molecule has 6 heteroatoms. The second kappa shape index (κ2) is 17.1. The summed E-state index contributed by atoms with van der Waals surface area (Å²) in [6.45, 7) is -0.324. The molecule has 0 spiro atoms. The van der Waals surface area contributed by atoms with E-state index in [1.54, 1.807) is 0 Å². The van der Waals surface area contributed by atoms with Gasteiger partial charge in [-0.2, -0.15) is 0 Å². The summed E-state index contributed by atoms with van der Waals surface area (Å²) in [5.41, 5.74) is 27.0. The fourth-order valence-corrected chi connectivity index (χ4v) is 16.4. The Labute approximate surface area is 477 Å². The van der Waals surface area contributed by atoms with E-state index in [0.717, 1.165) is 45.4 Å². The molecular weight excluding hydrogens is 994 g/mol. The average Bonchev–Trinajstić information content (AvgIpc) is 3.78. The Hall–Kier alpha value is -9.25. The van der Waals surface area contributed by atoms with Crippen molar-refractivity contribution in [3.8, 4) is 78.9 Å². The van der Waals surface area contributed by atoms with Gasteiger partial charge < -0.3 is 18.6 Å². The number of benzene rings is 11. The van der Waals surface area contributed by atoms with Gasteiger partial charge in [0.1, 0.15) is 23.0 Å². The first-order chi connectivity index (χ1) is 40.7. The van der Waals surface area contributed by atoms with Gasteiger partial charge in [-0.25, -0.2) is 0 Å². The van der Waals surface area contributed by atoms with Crippen LogP contribution in [0, 0.1) is 0 Å². The van der Waals surface area contributed by atoms with Crippen molar-refractivity contribution >= 4 is 89.8 Å². The molecule has 6 heterocycles. The van der Waals surface area contributed by atoms with Crippen molar-refractivity contribution in [3.05, 3.63) is 230 Å². The highest BCUT2D eigenvalue weighted by molar-refractivity contribution is 7.02. The summed E-state index contributed by atoms with van der Waals surface area (Å²) in [6, 6.07) is 82.8. The van der Waals surface area contributed by atoms with Crippen molar-refractivity contribution in [3.63, 3.8) is 0 Å². The zero-order chi connectivity index (χ0) is 53.3. The molecular formula is C76H54B2N2O2. The molecule has 0 bridgehead atoms. The van der Waals surface area contributed by atoms with Crippen molar-refractivity contribution in [2.45, 2.75) is 63.2 Å². The SMILES string of the molecule is c1ccc(-c2ccc3c(c2)c2cc(-c4ccccc4)cc4c2n3-c2c3c5c(c6c2B4c2cc(C4CCCC4)ccc2O6)-n2c4ccc(-c6ccccc6)cc4c4cc(-c6ccccc6)cc(c42)B5c2cc(C4CCCC4)ccc2O3)cc1. The molecule has 19 rings (SSSR count). The predicted molar refractivity (Wildman–Crippen MR) is 342 cm³/mol. The smallest absolute Gasteiger partial charge is 0.256 e. The van der Waals surface area contributed by atoms with Crippen LogP contribution in [-0.4, -0.2) is 22.6 Å². The Morgan fingerprint density at radius 2 is 0.683 bits per heavy atom. The summed E-state index contributed by atoms with van der Waals surface area (Å²) >= 11 is 0. The van der Waals surface area contributed by atoms with Gasteiger partial charge in [0.2, 0.25) is 0 Å². The third-order valence-electron chi connectivity index (χ3n) is 20.1. The normalized spacial score (nSPS) is 15.5. The first kappa shape index (κ1) is 45.5. The summed E-state index contributed by atoms with van der Waals surface area (Å²) in [5.74, 6) is 4.81. The van der Waals surface area contributed by atoms with Crippen LogP contribution in [0.3, 0.4) is 0 Å². The van der Waals surface area contributed by atoms with Crippen molar-refractivity contribution in [2.24, 2.45) is 0 Å². The topological polar surface area (TPSA) is 28.3 Å². The number of hydrogen-bond acceptors (Lipinski definition) is 2. The fourth-order valence-electron chi connectivity index (χ4n) is 16.4. The van der Waals surface area contributed by atoms with Crippen LogP contribution >= 0.6 is 0 Å². The van der Waals surface area contributed by atoms with Crippen LogP contribution in [0.2, 0.25) is 0 Å². The molecule has 4 aliphatic heterocycles. The summed E-state index contributed by atoms with van der Waals surface area (Å²) in [7, 11) is 0. The molecule has 2 saturated carbocycles. The number of aromatic nitrogens is 2. The first-order valence-corrected chi connectivity index (χ1v) is 30.0. The molecule has 6 aliphatic rings. The summed E-state index contributed by atoms with van der Waals surface area (Å²) in [6.07, 6.45) is 9.99. The van der Waals surface area contributed by atoms with Crippen LogP contribution in [0.25, 0.3) is 99.5 Å². The van der Waals surface area contributed by atoms with E-state index < -0.39 is 0 Å². The van der Waals surface area contributed by atoms with Gasteiger partial charge in [0.25, 0.3) is 13.4 Å². The van der Waals surface area contributed by atoms with Crippen LogP contribution in [0.5, 0.6) is 23.0 Å². The largest absolute Gasteiger partial charge is 0.456 e. The van der Waals surface area contributed by atoms with E-state index >= 15 is 0 Å². The second-order valence-corrected chi connectivity index (χ2v) is 24.3. The highest BCUT2D eigenvalue weighted by Gasteiger charge is 2.51. The van der Waals surface area contributed by atoms with Crippen molar-refractivity contribution < 1.29 is 9.47 Å². The van der Waals surface area contributed by atoms with Gasteiger partial charge in [-0.1, -0.05) is 196 Å². The van der Waals surface area contributed by atoms with E-state index in [1.807, 2.05) is 0 Å². The molecule has 0 unspecified atom stereocenters. The molecule has 0 radical (unpaired) electrons. The Morgan fingerprint density at radius 1 is 0.317 bits per heavy atom. The van der Waals surface area contributed by atoms with E-state index in [2.05, 4.69) is 228 Å². The molecule has 0 amide bonds. The Kier molecular flexibility index (Phi) is 9.51. The molecule has 82 heavy (non-hydrogen) atoms. The van der Waals surface area contributed by atoms with Gasteiger partial charge in [-0.15, -0.1) is 0 Å². The lowest BCUT2D eigenvalue weighted by molar-refractivity contribution is 0.472. The predicted octanol–water partition coefficient (Wildman–Crippen LogP) is 15.7. The highest BCUT2D eigenvalue weighted by Crippen LogP contribution is 2.51. The number of fused-ring (bicyclic) bond motifs is 16. The third-order valence-corrected chi connectivity index (χ3v) is 20.1. The maximum Gasteiger partial charge on any atom is 0.256 e. The van der Waals surface area contributed by atoms with E-state index in [-0.39, 0.29) is 13.4 Å².